The Kier molecular flexibility index (Phi) is 3.92. The van der Waals surface area contributed by atoms with Crippen molar-refractivity contribution in [1.29, 1.82) is 0 Å². The van der Waals surface area contributed by atoms with Crippen LogP contribution in [0, 0.1) is 17.8 Å². The maximum Gasteiger partial charge on any atom is 0.312 e. The van der Waals surface area contributed by atoms with Crippen LogP contribution in [-0.4, -0.2) is 60.9 Å². The lowest BCUT2D eigenvalue weighted by Gasteiger charge is -2.23. The Morgan fingerprint density at radius 1 is 1.50 bits per heavy atom. The SMILES string of the molecule is CC(C)COC(=O)C1[C@H]2C=CC3(CN(CC4CCCO4)C(=O)[C@@H]13)O2. The van der Waals surface area contributed by atoms with Gasteiger partial charge in [-0.25, -0.2) is 0 Å². The van der Waals surface area contributed by atoms with E-state index in [1.54, 1.807) is 0 Å². The predicted molar refractivity (Wildman–Crippen MR) is 85.1 cm³/mol. The summed E-state index contributed by atoms with van der Waals surface area (Å²) in [6, 6.07) is 0. The van der Waals surface area contributed by atoms with Crippen molar-refractivity contribution in [1.82, 2.24) is 4.90 Å². The molecule has 0 aromatic heterocycles. The second-order valence-electron chi connectivity index (χ2n) is 7.78. The molecule has 3 unspecified atom stereocenters. The Morgan fingerprint density at radius 2 is 2.33 bits per heavy atom. The predicted octanol–water partition coefficient (Wildman–Crippen LogP) is 1.15. The van der Waals surface area contributed by atoms with Crippen molar-refractivity contribution in [2.24, 2.45) is 17.8 Å². The van der Waals surface area contributed by atoms with Crippen molar-refractivity contribution in [2.45, 2.75) is 44.5 Å². The Balaban J connectivity index is 1.50. The average Bonchev–Trinajstić information content (AvgIpc) is 3.28. The molecule has 0 radical (unpaired) electrons. The molecule has 4 rings (SSSR count). The van der Waals surface area contributed by atoms with E-state index in [1.807, 2.05) is 30.9 Å². The zero-order chi connectivity index (χ0) is 16.9. The van der Waals surface area contributed by atoms with Crippen LogP contribution in [0.2, 0.25) is 0 Å². The maximum atomic E-state index is 13.0. The van der Waals surface area contributed by atoms with Crippen LogP contribution in [0.3, 0.4) is 0 Å². The van der Waals surface area contributed by atoms with Gasteiger partial charge in [0.05, 0.1) is 31.3 Å². The van der Waals surface area contributed by atoms with Gasteiger partial charge in [0, 0.05) is 13.2 Å². The zero-order valence-electron chi connectivity index (χ0n) is 14.3. The number of likely N-dealkylation sites (tertiary alicyclic amines) is 1. The number of hydrogen-bond acceptors (Lipinski definition) is 5. The number of carbonyl (C=O) groups excluding carboxylic acids is 2. The molecule has 24 heavy (non-hydrogen) atoms. The molecule has 0 aromatic carbocycles. The van der Waals surface area contributed by atoms with Crippen LogP contribution >= 0.6 is 0 Å². The fourth-order valence-electron chi connectivity index (χ4n) is 4.38. The normalized spacial score (nSPS) is 40.0. The summed E-state index contributed by atoms with van der Waals surface area (Å²) < 4.78 is 17.1. The van der Waals surface area contributed by atoms with Crippen molar-refractivity contribution >= 4 is 11.9 Å². The van der Waals surface area contributed by atoms with Crippen LogP contribution < -0.4 is 0 Å². The number of rotatable bonds is 5. The third-order valence-electron chi connectivity index (χ3n) is 5.46. The van der Waals surface area contributed by atoms with Crippen molar-refractivity contribution < 1.29 is 23.8 Å². The number of nitrogens with zero attached hydrogens (tertiary/aromatic N) is 1. The number of hydrogen-bond donors (Lipinski definition) is 0. The van der Waals surface area contributed by atoms with Gasteiger partial charge in [0.2, 0.25) is 5.91 Å². The largest absolute Gasteiger partial charge is 0.465 e. The molecule has 0 saturated carbocycles. The minimum atomic E-state index is -0.651. The summed E-state index contributed by atoms with van der Waals surface area (Å²) in [6.45, 7) is 6.24. The highest BCUT2D eigenvalue weighted by molar-refractivity contribution is 5.91. The number of carbonyl (C=O) groups is 2. The van der Waals surface area contributed by atoms with Gasteiger partial charge >= 0.3 is 5.97 Å². The van der Waals surface area contributed by atoms with E-state index in [1.165, 1.54) is 0 Å². The molecule has 5 atom stereocenters. The summed E-state index contributed by atoms with van der Waals surface area (Å²) in [5.74, 6) is -1.00. The van der Waals surface area contributed by atoms with Crippen LogP contribution in [0.4, 0.5) is 0 Å². The van der Waals surface area contributed by atoms with Gasteiger partial charge in [0.1, 0.15) is 11.5 Å². The third-order valence-corrected chi connectivity index (χ3v) is 5.46. The molecular formula is C18H25NO5. The maximum absolute atomic E-state index is 13.0. The molecule has 0 aromatic rings. The molecule has 0 N–H and O–H groups in total. The molecular weight excluding hydrogens is 310 g/mol. The Morgan fingerprint density at radius 3 is 3.04 bits per heavy atom. The van der Waals surface area contributed by atoms with E-state index in [2.05, 4.69) is 0 Å². The molecule has 3 saturated heterocycles. The fraction of sp³-hybridized carbons (Fsp3) is 0.778. The van der Waals surface area contributed by atoms with Crippen LogP contribution in [0.15, 0.2) is 12.2 Å². The lowest BCUT2D eigenvalue weighted by Crippen LogP contribution is -2.40. The van der Waals surface area contributed by atoms with E-state index in [4.69, 9.17) is 14.2 Å². The molecule has 2 bridgehead atoms. The van der Waals surface area contributed by atoms with Gasteiger partial charge in [-0.1, -0.05) is 26.0 Å². The number of fused-ring (bicyclic) bond motifs is 1. The van der Waals surface area contributed by atoms with Crippen molar-refractivity contribution in [3.8, 4) is 0 Å². The van der Waals surface area contributed by atoms with E-state index in [0.717, 1.165) is 19.4 Å². The minimum Gasteiger partial charge on any atom is -0.465 e. The Hall–Kier alpha value is -1.40. The van der Waals surface area contributed by atoms with E-state index >= 15 is 0 Å². The van der Waals surface area contributed by atoms with Gasteiger partial charge in [-0.15, -0.1) is 0 Å². The van der Waals surface area contributed by atoms with Gasteiger partial charge in [-0.2, -0.15) is 0 Å². The lowest BCUT2D eigenvalue weighted by atomic mass is 9.77. The highest BCUT2D eigenvalue weighted by atomic mass is 16.6. The second-order valence-corrected chi connectivity index (χ2v) is 7.78. The highest BCUT2D eigenvalue weighted by Gasteiger charge is 2.67. The first kappa shape index (κ1) is 16.1. The van der Waals surface area contributed by atoms with Crippen LogP contribution in [0.5, 0.6) is 0 Å². The molecule has 4 aliphatic rings. The summed E-state index contributed by atoms with van der Waals surface area (Å²) in [5.41, 5.74) is -0.651. The highest BCUT2D eigenvalue weighted by Crippen LogP contribution is 2.52. The Bertz CT molecular complexity index is 568. The number of esters is 1. The van der Waals surface area contributed by atoms with E-state index in [-0.39, 0.29) is 30.0 Å². The third kappa shape index (κ3) is 2.47. The van der Waals surface area contributed by atoms with E-state index in [9.17, 15) is 9.59 Å². The first-order valence-corrected chi connectivity index (χ1v) is 8.94. The standard InChI is InChI=1S/C18H25NO5/c1-11(2)9-23-17(21)14-13-5-6-18(24-13)10-19(16(20)15(14)18)8-12-4-3-7-22-12/h5-6,11-15H,3-4,7-10H2,1-2H3/t12?,13-,14?,15-,18?/m1/s1. The molecule has 132 valence electrons. The number of ether oxygens (including phenoxy) is 3. The molecule has 3 fully saturated rings. The summed E-state index contributed by atoms with van der Waals surface area (Å²) in [4.78, 5) is 27.3. The van der Waals surface area contributed by atoms with Crippen molar-refractivity contribution in [2.75, 3.05) is 26.3 Å². The quantitative estimate of drug-likeness (QED) is 0.557. The first-order chi connectivity index (χ1) is 11.5. The van der Waals surface area contributed by atoms with Gasteiger partial charge in [-0.05, 0) is 18.8 Å². The lowest BCUT2D eigenvalue weighted by molar-refractivity contribution is -0.154. The van der Waals surface area contributed by atoms with Crippen LogP contribution in [0.1, 0.15) is 26.7 Å². The average molecular weight is 335 g/mol. The molecule has 1 spiro atoms. The van der Waals surface area contributed by atoms with Crippen LogP contribution in [-0.2, 0) is 23.8 Å². The molecule has 6 nitrogen and oxygen atoms in total. The van der Waals surface area contributed by atoms with E-state index in [0.29, 0.717) is 19.7 Å². The Labute approximate surface area is 142 Å². The number of amides is 1. The molecule has 4 aliphatic heterocycles. The molecule has 1 amide bonds. The fourth-order valence-corrected chi connectivity index (χ4v) is 4.38. The van der Waals surface area contributed by atoms with Gasteiger partial charge in [0.25, 0.3) is 0 Å². The van der Waals surface area contributed by atoms with Crippen molar-refractivity contribution in [3.63, 3.8) is 0 Å². The molecule has 4 heterocycles. The summed E-state index contributed by atoms with van der Waals surface area (Å²) >= 11 is 0. The molecule has 6 heteroatoms. The van der Waals surface area contributed by atoms with Crippen LogP contribution in [0.25, 0.3) is 0 Å². The first-order valence-electron chi connectivity index (χ1n) is 8.94. The van der Waals surface area contributed by atoms with Gasteiger partial charge in [-0.3, -0.25) is 9.59 Å². The topological polar surface area (TPSA) is 65.1 Å². The van der Waals surface area contributed by atoms with Crippen molar-refractivity contribution in [3.05, 3.63) is 12.2 Å². The summed E-state index contributed by atoms with van der Waals surface area (Å²) in [5, 5.41) is 0. The molecule has 0 aliphatic carbocycles. The zero-order valence-corrected chi connectivity index (χ0v) is 14.3. The smallest absolute Gasteiger partial charge is 0.312 e. The van der Waals surface area contributed by atoms with Gasteiger partial charge < -0.3 is 19.1 Å². The van der Waals surface area contributed by atoms with Gasteiger partial charge in [0.15, 0.2) is 0 Å². The minimum absolute atomic E-state index is 0.00356. The van der Waals surface area contributed by atoms with E-state index < -0.39 is 17.4 Å². The summed E-state index contributed by atoms with van der Waals surface area (Å²) in [7, 11) is 0. The summed E-state index contributed by atoms with van der Waals surface area (Å²) in [6.07, 6.45) is 5.70. The monoisotopic (exact) mass is 335 g/mol. The second kappa shape index (κ2) is 5.85.